The lowest BCUT2D eigenvalue weighted by atomic mass is 10.1. The molecule has 0 unspecified atom stereocenters. The number of hydrazine groups is 1. The molecule has 0 fully saturated rings. The van der Waals surface area contributed by atoms with Gasteiger partial charge in [-0.1, -0.05) is 6.07 Å². The van der Waals surface area contributed by atoms with E-state index in [0.717, 1.165) is 35.1 Å². The van der Waals surface area contributed by atoms with E-state index in [9.17, 15) is 22.0 Å². The first-order valence-corrected chi connectivity index (χ1v) is 8.45. The van der Waals surface area contributed by atoms with Gasteiger partial charge in [0, 0.05) is 17.2 Å². The fourth-order valence-corrected chi connectivity index (χ4v) is 2.85. The van der Waals surface area contributed by atoms with Crippen LogP contribution in [-0.2, 0) is 16.6 Å². The number of carbonyl (C=O) groups is 1. The average Bonchev–Trinajstić information content (AvgIpc) is 2.51. The predicted octanol–water partition coefficient (Wildman–Crippen LogP) is 0.929. The number of amides is 1. The molecule has 3 N–H and O–H groups in total. The van der Waals surface area contributed by atoms with Crippen molar-refractivity contribution >= 4 is 21.6 Å². The highest BCUT2D eigenvalue weighted by Gasteiger charge is 2.21. The van der Waals surface area contributed by atoms with E-state index in [1.54, 1.807) is 0 Å². The van der Waals surface area contributed by atoms with Crippen molar-refractivity contribution in [2.45, 2.75) is 6.54 Å². The fourth-order valence-electron chi connectivity index (χ4n) is 1.99. The monoisotopic (exact) mass is 356 g/mol. The Bertz CT molecular complexity index is 874. The Morgan fingerprint density at radius 3 is 2.54 bits per heavy atom. The number of pyridine rings is 1. The van der Waals surface area contributed by atoms with Crippen LogP contribution >= 0.6 is 0 Å². The van der Waals surface area contributed by atoms with Crippen LogP contribution in [0.1, 0.15) is 15.9 Å². The molecule has 0 saturated heterocycles. The minimum atomic E-state index is -3.82. The van der Waals surface area contributed by atoms with Crippen molar-refractivity contribution in [3.05, 3.63) is 59.4 Å². The maximum Gasteiger partial charge on any atom is 0.265 e. The van der Waals surface area contributed by atoms with Crippen LogP contribution in [0.15, 0.2) is 36.7 Å². The van der Waals surface area contributed by atoms with Crippen LogP contribution in [0.5, 0.6) is 0 Å². The number of hydrogen-bond acceptors (Lipinski definition) is 5. The Hall–Kier alpha value is -2.59. The molecular formula is C14H14F2N4O3S. The van der Waals surface area contributed by atoms with Crippen LogP contribution in [0.4, 0.5) is 14.5 Å². The van der Waals surface area contributed by atoms with Gasteiger partial charge in [0.15, 0.2) is 0 Å². The van der Waals surface area contributed by atoms with Crippen molar-refractivity contribution in [1.82, 2.24) is 10.4 Å². The first kappa shape index (κ1) is 17.8. The summed E-state index contributed by atoms with van der Waals surface area (Å²) in [6, 6.07) is 4.46. The summed E-state index contributed by atoms with van der Waals surface area (Å²) in [6.07, 6.45) is 2.98. The van der Waals surface area contributed by atoms with Gasteiger partial charge in [0.25, 0.3) is 5.91 Å². The molecule has 0 aliphatic carbocycles. The SMILES string of the molecule is CS(=O)(=O)N(Cc1ccc(C(=O)NN)cc1F)c1cncc(F)c1. The molecule has 0 bridgehead atoms. The van der Waals surface area contributed by atoms with Crippen molar-refractivity contribution < 1.29 is 22.0 Å². The quantitative estimate of drug-likeness (QED) is 0.471. The second-order valence-electron chi connectivity index (χ2n) is 4.91. The van der Waals surface area contributed by atoms with E-state index < -0.39 is 27.6 Å². The van der Waals surface area contributed by atoms with E-state index in [4.69, 9.17) is 5.84 Å². The van der Waals surface area contributed by atoms with E-state index in [0.29, 0.717) is 0 Å². The number of halogens is 2. The number of nitrogens with one attached hydrogen (secondary N) is 1. The lowest BCUT2D eigenvalue weighted by Gasteiger charge is -2.22. The summed E-state index contributed by atoms with van der Waals surface area (Å²) in [4.78, 5) is 14.9. The second kappa shape index (κ2) is 6.89. The van der Waals surface area contributed by atoms with Crippen LogP contribution in [-0.4, -0.2) is 25.6 Å². The van der Waals surface area contributed by atoms with Gasteiger partial charge in [-0.25, -0.2) is 23.0 Å². The Labute approximate surface area is 137 Å². The molecule has 0 atom stereocenters. The normalized spacial score (nSPS) is 11.2. The molecule has 1 aromatic heterocycles. The number of carbonyl (C=O) groups excluding carboxylic acids is 1. The minimum Gasteiger partial charge on any atom is -0.290 e. The van der Waals surface area contributed by atoms with Gasteiger partial charge >= 0.3 is 0 Å². The van der Waals surface area contributed by atoms with Crippen LogP contribution in [0.3, 0.4) is 0 Å². The first-order valence-electron chi connectivity index (χ1n) is 6.60. The Balaban J connectivity index is 2.39. The van der Waals surface area contributed by atoms with Crippen molar-refractivity contribution in [3.63, 3.8) is 0 Å². The van der Waals surface area contributed by atoms with E-state index in [2.05, 4.69) is 4.98 Å². The summed E-state index contributed by atoms with van der Waals surface area (Å²) >= 11 is 0. The highest BCUT2D eigenvalue weighted by atomic mass is 32.2. The van der Waals surface area contributed by atoms with Crippen LogP contribution in [0, 0.1) is 11.6 Å². The molecule has 7 nitrogen and oxygen atoms in total. The highest BCUT2D eigenvalue weighted by Crippen LogP contribution is 2.22. The van der Waals surface area contributed by atoms with Crippen molar-refractivity contribution in [2.24, 2.45) is 5.84 Å². The van der Waals surface area contributed by atoms with Gasteiger partial charge in [-0.15, -0.1) is 0 Å². The molecule has 0 saturated carbocycles. The lowest BCUT2D eigenvalue weighted by Crippen LogP contribution is -2.31. The molecular weight excluding hydrogens is 342 g/mol. The van der Waals surface area contributed by atoms with E-state index in [1.165, 1.54) is 12.1 Å². The first-order chi connectivity index (χ1) is 11.2. The number of hydrogen-bond donors (Lipinski definition) is 2. The van der Waals surface area contributed by atoms with Gasteiger partial charge in [0.05, 0.1) is 30.9 Å². The zero-order valence-electron chi connectivity index (χ0n) is 12.5. The summed E-state index contributed by atoms with van der Waals surface area (Å²) in [5.74, 6) is 2.76. The number of rotatable bonds is 5. The molecule has 2 rings (SSSR count). The van der Waals surface area contributed by atoms with Crippen molar-refractivity contribution in [3.8, 4) is 0 Å². The van der Waals surface area contributed by atoms with Gasteiger partial charge in [0.1, 0.15) is 11.6 Å². The molecule has 2 aromatic rings. The van der Waals surface area contributed by atoms with Crippen LogP contribution in [0.25, 0.3) is 0 Å². The van der Waals surface area contributed by atoms with Crippen molar-refractivity contribution in [1.29, 1.82) is 0 Å². The van der Waals surface area contributed by atoms with E-state index >= 15 is 0 Å². The zero-order chi connectivity index (χ0) is 17.9. The number of aromatic nitrogens is 1. The van der Waals surface area contributed by atoms with Gasteiger partial charge in [-0.2, -0.15) is 0 Å². The summed E-state index contributed by atoms with van der Waals surface area (Å²) < 4.78 is 52.2. The number of sulfonamides is 1. The molecule has 0 aliphatic heterocycles. The number of nitrogens with zero attached hydrogens (tertiary/aromatic N) is 2. The summed E-state index contributed by atoms with van der Waals surface area (Å²) in [5.41, 5.74) is 1.80. The smallest absolute Gasteiger partial charge is 0.265 e. The summed E-state index contributed by atoms with van der Waals surface area (Å²) in [5, 5.41) is 0. The van der Waals surface area contributed by atoms with Gasteiger partial charge in [-0.05, 0) is 12.1 Å². The van der Waals surface area contributed by atoms with Crippen LogP contribution < -0.4 is 15.6 Å². The van der Waals surface area contributed by atoms with E-state index in [-0.39, 0.29) is 23.4 Å². The topological polar surface area (TPSA) is 105 Å². The maximum atomic E-state index is 14.2. The highest BCUT2D eigenvalue weighted by molar-refractivity contribution is 7.92. The number of benzene rings is 1. The minimum absolute atomic E-state index is 0.00161. The third-order valence-corrected chi connectivity index (χ3v) is 4.28. The third kappa shape index (κ3) is 4.03. The Morgan fingerprint density at radius 1 is 1.29 bits per heavy atom. The summed E-state index contributed by atoms with van der Waals surface area (Å²) in [6.45, 7) is -0.389. The molecule has 0 spiro atoms. The standard InChI is InChI=1S/C14H14F2N4O3S/c1-24(22,23)20(12-5-11(15)6-18-7-12)8-10-3-2-9(4-13(10)16)14(21)19-17/h2-7H,8,17H2,1H3,(H,19,21). The van der Waals surface area contributed by atoms with Gasteiger partial charge in [0.2, 0.25) is 10.0 Å². The third-order valence-electron chi connectivity index (χ3n) is 3.14. The van der Waals surface area contributed by atoms with Crippen molar-refractivity contribution in [2.75, 3.05) is 10.6 Å². The molecule has 24 heavy (non-hydrogen) atoms. The largest absolute Gasteiger partial charge is 0.290 e. The summed E-state index contributed by atoms with van der Waals surface area (Å²) in [7, 11) is -3.82. The number of anilines is 1. The lowest BCUT2D eigenvalue weighted by molar-refractivity contribution is 0.0953. The Kier molecular flexibility index (Phi) is 5.10. The predicted molar refractivity (Wildman–Crippen MR) is 83.3 cm³/mol. The molecule has 0 radical (unpaired) electrons. The molecule has 10 heteroatoms. The molecule has 128 valence electrons. The number of nitrogens with two attached hydrogens (primary N) is 1. The van der Waals surface area contributed by atoms with E-state index in [1.807, 2.05) is 5.43 Å². The number of nitrogen functional groups attached to an aromatic ring is 1. The van der Waals surface area contributed by atoms with Crippen LogP contribution in [0.2, 0.25) is 0 Å². The zero-order valence-corrected chi connectivity index (χ0v) is 13.3. The van der Waals surface area contributed by atoms with Gasteiger partial charge < -0.3 is 0 Å². The average molecular weight is 356 g/mol. The molecule has 1 aromatic carbocycles. The molecule has 1 amide bonds. The van der Waals surface area contributed by atoms with Gasteiger partial charge in [-0.3, -0.25) is 19.5 Å². The fraction of sp³-hybridized carbons (Fsp3) is 0.143. The Morgan fingerprint density at radius 2 is 2.00 bits per heavy atom. The second-order valence-corrected chi connectivity index (χ2v) is 6.82. The maximum absolute atomic E-state index is 14.2. The molecule has 1 heterocycles. The molecule has 0 aliphatic rings.